The Labute approximate surface area is 195 Å². The molecule has 0 spiro atoms. The molecule has 7 nitrogen and oxygen atoms in total. The molecule has 0 amide bonds. The van der Waals surface area contributed by atoms with E-state index in [-0.39, 0.29) is 6.61 Å². The minimum Gasteiger partial charge on any atom is -0.387 e. The van der Waals surface area contributed by atoms with E-state index in [1.807, 2.05) is 56.3 Å². The minimum atomic E-state index is -0.935. The van der Waals surface area contributed by atoms with Crippen LogP contribution < -0.4 is 0 Å². The molecule has 1 heterocycles. The number of hydrogen-bond acceptors (Lipinski definition) is 7. The Bertz CT molecular complexity index is 853. The van der Waals surface area contributed by atoms with Crippen molar-refractivity contribution in [3.05, 3.63) is 71.3 Å². The van der Waals surface area contributed by atoms with Gasteiger partial charge in [0.15, 0.2) is 6.29 Å². The Balaban J connectivity index is 1.65. The molecule has 0 aliphatic carbocycles. The summed E-state index contributed by atoms with van der Waals surface area (Å²) >= 11 is 0. The fourth-order valence-electron chi connectivity index (χ4n) is 3.68. The van der Waals surface area contributed by atoms with E-state index in [9.17, 15) is 5.11 Å². The zero-order valence-corrected chi connectivity index (χ0v) is 19.3. The van der Waals surface area contributed by atoms with Crippen molar-refractivity contribution in [1.29, 1.82) is 5.26 Å². The molecule has 3 rings (SSSR count). The van der Waals surface area contributed by atoms with Crippen molar-refractivity contribution in [3.8, 4) is 6.07 Å². The van der Waals surface area contributed by atoms with Crippen LogP contribution in [-0.2, 0) is 36.9 Å². The van der Waals surface area contributed by atoms with Gasteiger partial charge < -0.3 is 28.8 Å². The van der Waals surface area contributed by atoms with Crippen molar-refractivity contribution in [2.75, 3.05) is 19.8 Å². The Morgan fingerprint density at radius 1 is 0.909 bits per heavy atom. The molecule has 0 saturated carbocycles. The maximum absolute atomic E-state index is 11.1. The average Bonchev–Trinajstić information content (AvgIpc) is 2.85. The highest BCUT2D eigenvalue weighted by molar-refractivity contribution is 5.31. The van der Waals surface area contributed by atoms with E-state index in [2.05, 4.69) is 6.07 Å². The van der Waals surface area contributed by atoms with Crippen molar-refractivity contribution >= 4 is 0 Å². The van der Waals surface area contributed by atoms with E-state index in [0.717, 1.165) is 17.5 Å². The first-order valence-corrected chi connectivity index (χ1v) is 11.4. The molecule has 0 aromatic heterocycles. The molecule has 2 aromatic carbocycles. The summed E-state index contributed by atoms with van der Waals surface area (Å²) in [6, 6.07) is 19.1. The van der Waals surface area contributed by atoms with Gasteiger partial charge in [-0.25, -0.2) is 0 Å². The van der Waals surface area contributed by atoms with Crippen LogP contribution in [0.15, 0.2) is 54.6 Å². The van der Waals surface area contributed by atoms with Gasteiger partial charge in [-0.3, -0.25) is 0 Å². The quantitative estimate of drug-likeness (QED) is 0.523. The molecule has 1 unspecified atom stereocenters. The number of nitriles is 1. The minimum absolute atomic E-state index is 0.169. The van der Waals surface area contributed by atoms with E-state index < -0.39 is 30.7 Å². The second-order valence-electron chi connectivity index (χ2n) is 7.91. The highest BCUT2D eigenvalue weighted by atomic mass is 16.7. The van der Waals surface area contributed by atoms with Crippen LogP contribution in [0.5, 0.6) is 0 Å². The molecule has 5 atom stereocenters. The summed E-state index contributed by atoms with van der Waals surface area (Å²) in [6.45, 7) is 5.70. The molecule has 0 radical (unpaired) electrons. The molecule has 33 heavy (non-hydrogen) atoms. The van der Waals surface area contributed by atoms with Crippen LogP contribution in [0.3, 0.4) is 0 Å². The normalized spacial score (nSPS) is 25.0. The summed E-state index contributed by atoms with van der Waals surface area (Å²) in [5.74, 6) is 0. The lowest BCUT2D eigenvalue weighted by Gasteiger charge is -2.44. The van der Waals surface area contributed by atoms with Crippen molar-refractivity contribution in [1.82, 2.24) is 0 Å². The first-order chi connectivity index (χ1) is 16.2. The lowest BCUT2D eigenvalue weighted by atomic mass is 9.98. The predicted molar refractivity (Wildman–Crippen MR) is 122 cm³/mol. The smallest absolute Gasteiger partial charge is 0.186 e. The first-order valence-electron chi connectivity index (χ1n) is 11.4. The Morgan fingerprint density at radius 3 is 2.30 bits per heavy atom. The molecule has 178 valence electrons. The third-order valence-electron chi connectivity index (χ3n) is 5.38. The number of nitrogens with zero attached hydrogens (tertiary/aromatic N) is 1. The largest absolute Gasteiger partial charge is 0.387 e. The van der Waals surface area contributed by atoms with Gasteiger partial charge in [-0.1, -0.05) is 49.4 Å². The zero-order valence-electron chi connectivity index (χ0n) is 19.3. The third-order valence-corrected chi connectivity index (χ3v) is 5.38. The Morgan fingerprint density at radius 2 is 1.64 bits per heavy atom. The van der Waals surface area contributed by atoms with E-state index >= 15 is 0 Å². The second kappa shape index (κ2) is 13.4. The van der Waals surface area contributed by atoms with Crippen LogP contribution in [0.4, 0.5) is 0 Å². The summed E-state index contributed by atoms with van der Waals surface area (Å²) in [5.41, 5.74) is 2.55. The van der Waals surface area contributed by atoms with Gasteiger partial charge in [-0.05, 0) is 36.6 Å². The van der Waals surface area contributed by atoms with Gasteiger partial charge in [0.1, 0.15) is 24.4 Å². The SMILES string of the molecule is CCCO[C@H]1[C@H](O)[C@@H](COCc2ccc(C#N)cc2)OC(OCC)[C@@H]1OCc1ccccc1. The van der Waals surface area contributed by atoms with Crippen LogP contribution in [0.2, 0.25) is 0 Å². The number of hydrogen-bond donors (Lipinski definition) is 1. The molecule has 2 aromatic rings. The van der Waals surface area contributed by atoms with Crippen LogP contribution in [0, 0.1) is 11.3 Å². The van der Waals surface area contributed by atoms with E-state index in [4.69, 9.17) is 28.9 Å². The van der Waals surface area contributed by atoms with Crippen molar-refractivity contribution in [3.63, 3.8) is 0 Å². The maximum Gasteiger partial charge on any atom is 0.186 e. The van der Waals surface area contributed by atoms with Gasteiger partial charge >= 0.3 is 0 Å². The standard InChI is InChI=1S/C26H33NO6/c1-3-14-31-24-23(28)22(18-29-16-21-12-10-19(15-27)11-13-21)33-26(30-4-2)25(24)32-17-20-8-6-5-7-9-20/h5-13,22-26,28H,3-4,14,16-18H2,1-2H3/t22-,23-,24+,25-,26?/m1/s1. The van der Waals surface area contributed by atoms with Gasteiger partial charge in [0.05, 0.1) is 31.5 Å². The van der Waals surface area contributed by atoms with Crippen LogP contribution in [0.25, 0.3) is 0 Å². The topological polar surface area (TPSA) is 90.2 Å². The third kappa shape index (κ3) is 7.34. The number of aliphatic hydroxyl groups excluding tert-OH is 1. The number of benzene rings is 2. The summed E-state index contributed by atoms with van der Waals surface area (Å²) < 4.78 is 29.9. The second-order valence-corrected chi connectivity index (χ2v) is 7.91. The van der Waals surface area contributed by atoms with Crippen molar-refractivity contribution in [2.45, 2.75) is 64.2 Å². The Kier molecular flexibility index (Phi) is 10.3. The van der Waals surface area contributed by atoms with Gasteiger partial charge in [0.2, 0.25) is 0 Å². The molecule has 1 aliphatic rings. The fourth-order valence-corrected chi connectivity index (χ4v) is 3.68. The highest BCUT2D eigenvalue weighted by Gasteiger charge is 2.47. The number of rotatable bonds is 12. The van der Waals surface area contributed by atoms with Gasteiger partial charge in [0.25, 0.3) is 0 Å². The van der Waals surface area contributed by atoms with Crippen LogP contribution in [-0.4, -0.2) is 55.6 Å². The van der Waals surface area contributed by atoms with Crippen LogP contribution in [0.1, 0.15) is 37.0 Å². The summed E-state index contributed by atoms with van der Waals surface area (Å²) in [6.07, 6.45) is -2.63. The lowest BCUT2D eigenvalue weighted by Crippen LogP contribution is -2.61. The molecule has 1 N–H and O–H groups in total. The first kappa shape index (κ1) is 25.3. The molecule has 1 saturated heterocycles. The van der Waals surface area contributed by atoms with Crippen LogP contribution >= 0.6 is 0 Å². The molecular weight excluding hydrogens is 422 g/mol. The van der Waals surface area contributed by atoms with E-state index in [1.165, 1.54) is 0 Å². The fraction of sp³-hybridized carbons (Fsp3) is 0.500. The molecular formula is C26H33NO6. The average molecular weight is 456 g/mol. The predicted octanol–water partition coefficient (Wildman–Crippen LogP) is 3.58. The highest BCUT2D eigenvalue weighted by Crippen LogP contribution is 2.28. The summed E-state index contributed by atoms with van der Waals surface area (Å²) in [7, 11) is 0. The van der Waals surface area contributed by atoms with Gasteiger partial charge in [-0.2, -0.15) is 5.26 Å². The molecule has 7 heteroatoms. The lowest BCUT2D eigenvalue weighted by molar-refractivity contribution is -0.319. The maximum atomic E-state index is 11.1. The van der Waals surface area contributed by atoms with Crippen molar-refractivity contribution in [2.24, 2.45) is 0 Å². The molecule has 1 aliphatic heterocycles. The summed E-state index contributed by atoms with van der Waals surface area (Å²) in [5, 5.41) is 20.0. The summed E-state index contributed by atoms with van der Waals surface area (Å²) in [4.78, 5) is 0. The molecule has 1 fully saturated rings. The Hall–Kier alpha value is -2.31. The van der Waals surface area contributed by atoms with Gasteiger partial charge in [0, 0.05) is 13.2 Å². The van der Waals surface area contributed by atoms with Gasteiger partial charge in [-0.15, -0.1) is 0 Å². The monoisotopic (exact) mass is 455 g/mol. The zero-order chi connectivity index (χ0) is 23.5. The number of ether oxygens (including phenoxy) is 5. The van der Waals surface area contributed by atoms with Crippen molar-refractivity contribution < 1.29 is 28.8 Å². The van der Waals surface area contributed by atoms with E-state index in [1.54, 1.807) is 12.1 Å². The van der Waals surface area contributed by atoms with E-state index in [0.29, 0.717) is 32.0 Å². The molecule has 0 bridgehead atoms. The number of aliphatic hydroxyl groups is 1.